The molecule has 5 rings (SSSR count). The fourth-order valence-corrected chi connectivity index (χ4v) is 5.41. The van der Waals surface area contributed by atoms with Crippen LogP contribution in [0.2, 0.25) is 0 Å². The number of esters is 1. The Hall–Kier alpha value is -4.48. The number of aliphatic imine (C=N–C) groups is 1. The first-order chi connectivity index (χ1) is 20.0. The van der Waals surface area contributed by atoms with Gasteiger partial charge < -0.3 is 24.0 Å². The van der Waals surface area contributed by atoms with Crippen molar-refractivity contribution in [2.24, 2.45) is 4.99 Å². The maximum atomic E-state index is 15.3. The second-order valence-electron chi connectivity index (χ2n) is 10.0. The molecule has 1 atom stereocenters. The molecular weight excluding hydrogens is 556 g/mol. The van der Waals surface area contributed by atoms with E-state index in [1.54, 1.807) is 7.11 Å². The molecule has 0 unspecified atom stereocenters. The van der Waals surface area contributed by atoms with Gasteiger partial charge in [0.15, 0.2) is 0 Å². The van der Waals surface area contributed by atoms with E-state index in [9.17, 15) is 18.0 Å². The molecular formula is C30H30F4N4O4. The second-order valence-corrected chi connectivity index (χ2v) is 10.0. The minimum Gasteiger partial charge on any atom is -0.497 e. The Morgan fingerprint density at radius 1 is 0.929 bits per heavy atom. The molecule has 0 N–H and O–H groups in total. The van der Waals surface area contributed by atoms with E-state index in [-0.39, 0.29) is 28.6 Å². The van der Waals surface area contributed by atoms with E-state index in [0.717, 1.165) is 17.8 Å². The quantitative estimate of drug-likeness (QED) is 0.271. The molecule has 3 aromatic rings. The topological polar surface area (TPSA) is 66.8 Å². The van der Waals surface area contributed by atoms with Crippen LogP contribution >= 0.6 is 0 Å². The van der Waals surface area contributed by atoms with Crippen molar-refractivity contribution in [1.29, 1.82) is 0 Å². The largest absolute Gasteiger partial charge is 0.497 e. The fourth-order valence-electron chi connectivity index (χ4n) is 5.41. The number of carbonyl (C=O) groups is 1. The van der Waals surface area contributed by atoms with Gasteiger partial charge in [-0.15, -0.1) is 0 Å². The van der Waals surface area contributed by atoms with Crippen molar-refractivity contribution in [2.75, 3.05) is 50.2 Å². The highest BCUT2D eigenvalue weighted by Gasteiger charge is 2.49. The minimum atomic E-state index is -4.67. The standard InChI is InChI=1S/C30H30F4N4O4/c1-19(39)42-29(2)23-9-6-10-24(31)27(23)35-28(38(29)25-17-20(30(32,33)34)11-12-26(25)41-4)37-15-13-36(14-16-37)21-7-5-8-22(18-21)40-3/h5-12,17-18H,13-16H2,1-4H3/t29-/m1/s1. The molecule has 8 nitrogen and oxygen atoms in total. The van der Waals surface area contributed by atoms with E-state index in [2.05, 4.69) is 9.89 Å². The van der Waals surface area contributed by atoms with Crippen LogP contribution < -0.4 is 19.3 Å². The molecule has 1 fully saturated rings. The summed E-state index contributed by atoms with van der Waals surface area (Å²) in [5.74, 6) is -0.455. The Morgan fingerprint density at radius 3 is 2.26 bits per heavy atom. The molecule has 0 aliphatic carbocycles. The van der Waals surface area contributed by atoms with Crippen molar-refractivity contribution in [3.05, 3.63) is 77.6 Å². The van der Waals surface area contributed by atoms with Crippen LogP contribution in [0, 0.1) is 5.82 Å². The maximum Gasteiger partial charge on any atom is 0.416 e. The van der Waals surface area contributed by atoms with Crippen molar-refractivity contribution in [2.45, 2.75) is 25.7 Å². The monoisotopic (exact) mass is 586 g/mol. The van der Waals surface area contributed by atoms with Crippen LogP contribution in [0.3, 0.4) is 0 Å². The van der Waals surface area contributed by atoms with Gasteiger partial charge >= 0.3 is 12.1 Å². The van der Waals surface area contributed by atoms with Crippen LogP contribution in [0.4, 0.5) is 34.6 Å². The molecule has 2 aliphatic heterocycles. The molecule has 2 aliphatic rings. The molecule has 0 radical (unpaired) electrons. The number of anilines is 2. The van der Waals surface area contributed by atoms with Gasteiger partial charge in [-0.1, -0.05) is 18.2 Å². The van der Waals surface area contributed by atoms with Crippen LogP contribution in [-0.2, 0) is 21.4 Å². The number of piperazine rings is 1. The van der Waals surface area contributed by atoms with Crippen molar-refractivity contribution in [3.8, 4) is 11.5 Å². The first-order valence-electron chi connectivity index (χ1n) is 13.2. The number of ether oxygens (including phenoxy) is 3. The van der Waals surface area contributed by atoms with E-state index >= 15 is 4.39 Å². The van der Waals surface area contributed by atoms with Gasteiger partial charge in [0.05, 0.1) is 25.5 Å². The summed E-state index contributed by atoms with van der Waals surface area (Å²) in [4.78, 5) is 22.5. The molecule has 42 heavy (non-hydrogen) atoms. The highest BCUT2D eigenvalue weighted by molar-refractivity contribution is 6.02. The number of halogens is 4. The first kappa shape index (κ1) is 29.0. The molecule has 222 valence electrons. The second kappa shape index (κ2) is 11.1. The Bertz CT molecular complexity index is 1520. The average molecular weight is 587 g/mol. The van der Waals surface area contributed by atoms with Crippen LogP contribution in [0.15, 0.2) is 65.7 Å². The van der Waals surface area contributed by atoms with Gasteiger partial charge in [-0.3, -0.25) is 9.69 Å². The third kappa shape index (κ3) is 5.28. The van der Waals surface area contributed by atoms with Crippen molar-refractivity contribution >= 4 is 29.0 Å². The van der Waals surface area contributed by atoms with Crippen molar-refractivity contribution < 1.29 is 36.6 Å². The van der Waals surface area contributed by atoms with E-state index < -0.39 is 29.3 Å². The number of alkyl halides is 3. The zero-order valence-corrected chi connectivity index (χ0v) is 23.5. The Labute approximate surface area is 240 Å². The zero-order valence-electron chi connectivity index (χ0n) is 23.5. The number of rotatable bonds is 5. The molecule has 1 saturated heterocycles. The predicted molar refractivity (Wildman–Crippen MR) is 150 cm³/mol. The maximum absolute atomic E-state index is 15.3. The number of benzene rings is 3. The Morgan fingerprint density at radius 2 is 1.62 bits per heavy atom. The molecule has 3 aromatic carbocycles. The highest BCUT2D eigenvalue weighted by Crippen LogP contribution is 2.48. The molecule has 0 saturated carbocycles. The van der Waals surface area contributed by atoms with E-state index in [0.29, 0.717) is 31.9 Å². The van der Waals surface area contributed by atoms with Crippen LogP contribution in [0.25, 0.3) is 0 Å². The van der Waals surface area contributed by atoms with Crippen LogP contribution in [0.5, 0.6) is 11.5 Å². The van der Waals surface area contributed by atoms with E-state index in [4.69, 9.17) is 14.2 Å². The summed E-state index contributed by atoms with van der Waals surface area (Å²) >= 11 is 0. The SMILES string of the molecule is COc1cccc(N2CCN(C3=Nc4c(F)cccc4[C@@](C)(OC(C)=O)N3c3cc(C(F)(F)F)ccc3OC)CC2)c1. The lowest BCUT2D eigenvalue weighted by Gasteiger charge is -2.49. The zero-order chi connectivity index (χ0) is 30.2. The summed E-state index contributed by atoms with van der Waals surface area (Å²) in [5, 5.41) is 0. The van der Waals surface area contributed by atoms with E-state index in [1.165, 1.54) is 50.1 Å². The van der Waals surface area contributed by atoms with Gasteiger partial charge in [-0.2, -0.15) is 13.2 Å². The predicted octanol–water partition coefficient (Wildman–Crippen LogP) is 5.93. The lowest BCUT2D eigenvalue weighted by molar-refractivity contribution is -0.155. The fraction of sp³-hybridized carbons (Fsp3) is 0.333. The smallest absolute Gasteiger partial charge is 0.416 e. The number of fused-ring (bicyclic) bond motifs is 1. The van der Waals surface area contributed by atoms with Gasteiger partial charge in [-0.05, 0) is 36.4 Å². The molecule has 0 amide bonds. The van der Waals surface area contributed by atoms with Crippen molar-refractivity contribution in [1.82, 2.24) is 4.90 Å². The average Bonchev–Trinajstić information content (AvgIpc) is 2.96. The molecule has 0 aromatic heterocycles. The summed E-state index contributed by atoms with van der Waals surface area (Å²) in [6.45, 7) is 4.50. The summed E-state index contributed by atoms with van der Waals surface area (Å²) in [5.41, 5.74) is -1.70. The van der Waals surface area contributed by atoms with Gasteiger partial charge in [-0.25, -0.2) is 9.38 Å². The summed E-state index contributed by atoms with van der Waals surface area (Å²) in [6.07, 6.45) is -4.67. The Kier molecular flexibility index (Phi) is 7.65. The number of guanidine groups is 1. The molecule has 0 bridgehead atoms. The molecule has 2 heterocycles. The number of hydrogen-bond acceptors (Lipinski definition) is 8. The lowest BCUT2D eigenvalue weighted by atomic mass is 9.96. The lowest BCUT2D eigenvalue weighted by Crippen LogP contribution is -2.61. The van der Waals surface area contributed by atoms with Crippen LogP contribution in [0.1, 0.15) is 25.0 Å². The molecule has 12 heteroatoms. The highest BCUT2D eigenvalue weighted by atomic mass is 19.4. The summed E-state index contributed by atoms with van der Waals surface area (Å²) in [6, 6.07) is 14.8. The number of methoxy groups -OCH3 is 2. The summed E-state index contributed by atoms with van der Waals surface area (Å²) in [7, 11) is 2.92. The van der Waals surface area contributed by atoms with E-state index in [1.807, 2.05) is 29.2 Å². The normalized spacial score (nSPS) is 18.8. The number of carbonyl (C=O) groups excluding carboxylic acids is 1. The van der Waals surface area contributed by atoms with Gasteiger partial charge in [0.25, 0.3) is 0 Å². The number of hydrogen-bond donors (Lipinski definition) is 0. The number of nitrogens with zero attached hydrogens (tertiary/aromatic N) is 4. The minimum absolute atomic E-state index is 0.0417. The molecule has 0 spiro atoms. The Balaban J connectivity index is 1.65. The summed E-state index contributed by atoms with van der Waals surface area (Å²) < 4.78 is 73.7. The van der Waals surface area contributed by atoms with Gasteiger partial charge in [0.1, 0.15) is 23.0 Å². The third-order valence-electron chi connectivity index (χ3n) is 7.40. The van der Waals surface area contributed by atoms with Gasteiger partial charge in [0, 0.05) is 57.3 Å². The van der Waals surface area contributed by atoms with Crippen LogP contribution in [-0.4, -0.2) is 57.2 Å². The number of para-hydroxylation sites is 1. The van der Waals surface area contributed by atoms with Crippen molar-refractivity contribution in [3.63, 3.8) is 0 Å². The first-order valence-corrected chi connectivity index (χ1v) is 13.2. The third-order valence-corrected chi connectivity index (χ3v) is 7.40. The van der Waals surface area contributed by atoms with Gasteiger partial charge in [0.2, 0.25) is 11.7 Å².